The molecule has 0 fully saturated rings. The van der Waals surface area contributed by atoms with Gasteiger partial charge in [-0.1, -0.05) is 43.2 Å². The number of nitrogens with zero attached hydrogens (tertiary/aromatic N) is 2. The molecule has 1 heterocycles. The van der Waals surface area contributed by atoms with Crippen LogP contribution in [0.25, 0.3) is 11.0 Å². The molecule has 2 N–H and O–H groups in total. The van der Waals surface area contributed by atoms with Gasteiger partial charge in [-0.3, -0.25) is 0 Å². The lowest BCUT2D eigenvalue weighted by Gasteiger charge is -2.11. The predicted octanol–water partition coefficient (Wildman–Crippen LogP) is 4.46. The average molecular weight is 309 g/mol. The molecule has 4 heteroatoms. The summed E-state index contributed by atoms with van der Waals surface area (Å²) in [5, 5.41) is 13.4. The van der Waals surface area contributed by atoms with E-state index in [0.29, 0.717) is 12.3 Å². The first-order valence-electron chi connectivity index (χ1n) is 8.16. The highest BCUT2D eigenvalue weighted by Gasteiger charge is 2.10. The molecule has 0 radical (unpaired) electrons. The van der Waals surface area contributed by atoms with Gasteiger partial charge in [0.1, 0.15) is 5.75 Å². The zero-order valence-corrected chi connectivity index (χ0v) is 13.7. The highest BCUT2D eigenvalue weighted by Crippen LogP contribution is 2.23. The molecule has 2 aromatic carbocycles. The molecule has 3 aromatic rings. The van der Waals surface area contributed by atoms with Crippen LogP contribution in [0.15, 0.2) is 42.5 Å². The van der Waals surface area contributed by atoms with Crippen LogP contribution in [0.4, 0.5) is 5.95 Å². The number of anilines is 1. The van der Waals surface area contributed by atoms with Crippen molar-refractivity contribution in [3.05, 3.63) is 53.6 Å². The molecule has 0 saturated heterocycles. The van der Waals surface area contributed by atoms with E-state index < -0.39 is 0 Å². The molecule has 23 heavy (non-hydrogen) atoms. The van der Waals surface area contributed by atoms with E-state index in [4.69, 9.17) is 4.98 Å². The van der Waals surface area contributed by atoms with Crippen LogP contribution in [-0.2, 0) is 13.1 Å². The van der Waals surface area contributed by atoms with Crippen molar-refractivity contribution in [2.45, 2.75) is 39.8 Å². The van der Waals surface area contributed by atoms with Crippen molar-refractivity contribution >= 4 is 17.0 Å². The minimum absolute atomic E-state index is 0.319. The molecule has 0 amide bonds. The quantitative estimate of drug-likeness (QED) is 0.706. The summed E-state index contributed by atoms with van der Waals surface area (Å²) in [6, 6.07) is 13.8. The summed E-state index contributed by atoms with van der Waals surface area (Å²) in [5.41, 5.74) is 4.18. The van der Waals surface area contributed by atoms with E-state index in [0.717, 1.165) is 47.5 Å². The van der Waals surface area contributed by atoms with E-state index in [1.165, 1.54) is 0 Å². The highest BCUT2D eigenvalue weighted by molar-refractivity contribution is 5.78. The van der Waals surface area contributed by atoms with Crippen molar-refractivity contribution in [1.29, 1.82) is 0 Å². The maximum Gasteiger partial charge on any atom is 0.204 e. The molecule has 0 unspecified atom stereocenters. The number of rotatable bonds is 6. The van der Waals surface area contributed by atoms with Crippen molar-refractivity contribution < 1.29 is 5.11 Å². The molecule has 0 saturated carbocycles. The third-order valence-electron chi connectivity index (χ3n) is 4.06. The van der Waals surface area contributed by atoms with Crippen LogP contribution in [0.3, 0.4) is 0 Å². The molecule has 0 aliphatic carbocycles. The standard InChI is InChI=1S/C19H23N3O/c1-3-4-11-22-17-8-6-5-7-16(17)21-19(22)20-13-15-12-14(2)9-10-18(15)23/h5-10,12,23H,3-4,11,13H2,1-2H3,(H,20,21). The van der Waals surface area contributed by atoms with Crippen LogP contribution in [0.5, 0.6) is 5.75 Å². The first kappa shape index (κ1) is 15.4. The first-order chi connectivity index (χ1) is 11.2. The molecular weight excluding hydrogens is 286 g/mol. The summed E-state index contributed by atoms with van der Waals surface area (Å²) in [6.07, 6.45) is 2.26. The van der Waals surface area contributed by atoms with E-state index >= 15 is 0 Å². The molecule has 0 aliphatic rings. The zero-order valence-electron chi connectivity index (χ0n) is 13.7. The van der Waals surface area contributed by atoms with Crippen LogP contribution in [-0.4, -0.2) is 14.7 Å². The number of fused-ring (bicyclic) bond motifs is 1. The van der Waals surface area contributed by atoms with E-state index in [1.54, 1.807) is 6.07 Å². The van der Waals surface area contributed by atoms with Crippen LogP contribution in [0.1, 0.15) is 30.9 Å². The van der Waals surface area contributed by atoms with Crippen LogP contribution < -0.4 is 5.32 Å². The van der Waals surface area contributed by atoms with Crippen molar-refractivity contribution in [2.24, 2.45) is 0 Å². The number of hydrogen-bond acceptors (Lipinski definition) is 3. The Kier molecular flexibility index (Phi) is 4.51. The Balaban J connectivity index is 1.88. The molecule has 0 atom stereocenters. The number of aryl methyl sites for hydroxylation is 2. The van der Waals surface area contributed by atoms with Gasteiger partial charge in [0, 0.05) is 18.7 Å². The normalized spacial score (nSPS) is 11.0. The molecule has 120 valence electrons. The van der Waals surface area contributed by atoms with E-state index in [2.05, 4.69) is 22.9 Å². The van der Waals surface area contributed by atoms with E-state index in [1.807, 2.05) is 37.3 Å². The summed E-state index contributed by atoms with van der Waals surface area (Å²) in [7, 11) is 0. The molecule has 0 aliphatic heterocycles. The molecular formula is C19H23N3O. The lowest BCUT2D eigenvalue weighted by molar-refractivity contribution is 0.469. The van der Waals surface area contributed by atoms with Crippen LogP contribution >= 0.6 is 0 Å². The van der Waals surface area contributed by atoms with Gasteiger partial charge in [0.2, 0.25) is 5.95 Å². The van der Waals surface area contributed by atoms with Crippen molar-refractivity contribution in [3.63, 3.8) is 0 Å². The van der Waals surface area contributed by atoms with Crippen LogP contribution in [0, 0.1) is 6.92 Å². The monoisotopic (exact) mass is 309 g/mol. The second kappa shape index (κ2) is 6.73. The smallest absolute Gasteiger partial charge is 0.204 e. The Hall–Kier alpha value is -2.49. The van der Waals surface area contributed by atoms with Gasteiger partial charge in [0.25, 0.3) is 0 Å². The van der Waals surface area contributed by atoms with Gasteiger partial charge in [0.15, 0.2) is 0 Å². The molecule has 3 rings (SSSR count). The Labute approximate surface area is 136 Å². The minimum Gasteiger partial charge on any atom is -0.508 e. The summed E-state index contributed by atoms with van der Waals surface area (Å²) in [6.45, 7) is 5.72. The topological polar surface area (TPSA) is 50.1 Å². The number of imidazole rings is 1. The third-order valence-corrected chi connectivity index (χ3v) is 4.06. The van der Waals surface area contributed by atoms with Gasteiger partial charge in [0.05, 0.1) is 11.0 Å². The van der Waals surface area contributed by atoms with Crippen LogP contribution in [0.2, 0.25) is 0 Å². The maximum atomic E-state index is 10.00. The molecule has 4 nitrogen and oxygen atoms in total. The van der Waals surface area contributed by atoms with Gasteiger partial charge in [-0.2, -0.15) is 0 Å². The Morgan fingerprint density at radius 2 is 2.00 bits per heavy atom. The predicted molar refractivity (Wildman–Crippen MR) is 94.8 cm³/mol. The molecule has 0 spiro atoms. The number of aromatic nitrogens is 2. The Morgan fingerprint density at radius 3 is 2.83 bits per heavy atom. The van der Waals surface area contributed by atoms with Gasteiger partial charge in [-0.05, 0) is 31.5 Å². The number of nitrogens with one attached hydrogen (secondary N) is 1. The fourth-order valence-corrected chi connectivity index (χ4v) is 2.78. The number of phenols is 1. The number of benzene rings is 2. The summed E-state index contributed by atoms with van der Waals surface area (Å²) >= 11 is 0. The fraction of sp³-hybridized carbons (Fsp3) is 0.316. The van der Waals surface area contributed by atoms with Crippen molar-refractivity contribution in [3.8, 4) is 5.75 Å². The van der Waals surface area contributed by atoms with E-state index in [9.17, 15) is 5.11 Å². The molecule has 1 aromatic heterocycles. The number of unbranched alkanes of at least 4 members (excludes halogenated alkanes) is 1. The SMILES string of the molecule is CCCCn1c(NCc2cc(C)ccc2O)nc2ccccc21. The summed E-state index contributed by atoms with van der Waals surface area (Å²) in [5.74, 6) is 1.18. The number of aromatic hydroxyl groups is 1. The Morgan fingerprint density at radius 1 is 1.17 bits per heavy atom. The van der Waals surface area contributed by atoms with Gasteiger partial charge < -0.3 is 15.0 Å². The van der Waals surface area contributed by atoms with Gasteiger partial charge in [-0.15, -0.1) is 0 Å². The largest absolute Gasteiger partial charge is 0.508 e. The van der Waals surface area contributed by atoms with Crippen molar-refractivity contribution in [2.75, 3.05) is 5.32 Å². The Bertz CT molecular complexity index is 807. The lowest BCUT2D eigenvalue weighted by atomic mass is 10.1. The highest BCUT2D eigenvalue weighted by atomic mass is 16.3. The zero-order chi connectivity index (χ0) is 16.2. The van der Waals surface area contributed by atoms with E-state index in [-0.39, 0.29) is 0 Å². The average Bonchev–Trinajstić information content (AvgIpc) is 2.91. The fourth-order valence-electron chi connectivity index (χ4n) is 2.78. The number of hydrogen-bond donors (Lipinski definition) is 2. The second-order valence-electron chi connectivity index (χ2n) is 5.92. The second-order valence-corrected chi connectivity index (χ2v) is 5.92. The lowest BCUT2D eigenvalue weighted by Crippen LogP contribution is -2.08. The van der Waals surface area contributed by atoms with Gasteiger partial charge in [-0.25, -0.2) is 4.98 Å². The minimum atomic E-state index is 0.319. The molecule has 0 bridgehead atoms. The summed E-state index contributed by atoms with van der Waals surface area (Å²) < 4.78 is 2.23. The third kappa shape index (κ3) is 3.31. The first-order valence-corrected chi connectivity index (χ1v) is 8.16. The summed E-state index contributed by atoms with van der Waals surface area (Å²) in [4.78, 5) is 4.70. The maximum absolute atomic E-state index is 10.00. The number of phenolic OH excluding ortho intramolecular Hbond substituents is 1. The van der Waals surface area contributed by atoms with Gasteiger partial charge >= 0.3 is 0 Å². The number of para-hydroxylation sites is 2. The van der Waals surface area contributed by atoms with Crippen molar-refractivity contribution in [1.82, 2.24) is 9.55 Å².